The van der Waals surface area contributed by atoms with Gasteiger partial charge in [-0.25, -0.2) is 9.97 Å². The van der Waals surface area contributed by atoms with Crippen molar-refractivity contribution in [1.29, 1.82) is 0 Å². The van der Waals surface area contributed by atoms with Crippen LogP contribution in [0.2, 0.25) is 0 Å². The summed E-state index contributed by atoms with van der Waals surface area (Å²) < 4.78 is 6.12. The van der Waals surface area contributed by atoms with Crippen LogP contribution in [0.3, 0.4) is 0 Å². The van der Waals surface area contributed by atoms with E-state index >= 15 is 0 Å². The van der Waals surface area contributed by atoms with E-state index in [-0.39, 0.29) is 5.60 Å². The van der Waals surface area contributed by atoms with Gasteiger partial charge in [0, 0.05) is 18.9 Å². The van der Waals surface area contributed by atoms with Crippen LogP contribution in [0, 0.1) is 11.3 Å². The summed E-state index contributed by atoms with van der Waals surface area (Å²) in [5.74, 6) is 1.50. The number of ether oxygens (including phenoxy) is 1. The van der Waals surface area contributed by atoms with E-state index in [0.29, 0.717) is 18.6 Å². The fourth-order valence-electron chi connectivity index (χ4n) is 3.04. The van der Waals surface area contributed by atoms with Gasteiger partial charge in [-0.1, -0.05) is 20.8 Å². The molecule has 1 fully saturated rings. The van der Waals surface area contributed by atoms with E-state index in [9.17, 15) is 0 Å². The minimum atomic E-state index is -0.180. The molecule has 1 aromatic rings. The lowest BCUT2D eigenvalue weighted by atomic mass is 9.68. The summed E-state index contributed by atoms with van der Waals surface area (Å²) in [6, 6.07) is 1.82. The van der Waals surface area contributed by atoms with E-state index in [1.165, 1.54) is 12.8 Å². The lowest BCUT2D eigenvalue weighted by Crippen LogP contribution is -2.45. The molecule has 1 aliphatic rings. The molecule has 0 aromatic carbocycles. The van der Waals surface area contributed by atoms with Crippen LogP contribution in [-0.4, -0.2) is 22.1 Å². The molecule has 1 heterocycles. The summed E-state index contributed by atoms with van der Waals surface area (Å²) in [7, 11) is 0. The van der Waals surface area contributed by atoms with Gasteiger partial charge in [0.25, 0.3) is 0 Å². The zero-order chi connectivity index (χ0) is 14.6. The van der Waals surface area contributed by atoms with Crippen LogP contribution in [0.4, 0.5) is 0 Å². The summed E-state index contributed by atoms with van der Waals surface area (Å²) in [5, 5.41) is 0. The predicted molar refractivity (Wildman–Crippen MR) is 80.0 cm³/mol. The van der Waals surface area contributed by atoms with Crippen molar-refractivity contribution >= 4 is 0 Å². The second-order valence-electron chi connectivity index (χ2n) is 6.98. The summed E-state index contributed by atoms with van der Waals surface area (Å²) in [6.45, 7) is 8.01. The maximum Gasteiger partial charge on any atom is 0.153 e. The Morgan fingerprint density at radius 3 is 2.35 bits per heavy atom. The van der Waals surface area contributed by atoms with E-state index in [0.717, 1.165) is 24.6 Å². The Morgan fingerprint density at radius 1 is 1.25 bits per heavy atom. The molecule has 4 heteroatoms. The molecule has 2 rings (SSSR count). The lowest BCUT2D eigenvalue weighted by molar-refractivity contribution is -0.0908. The van der Waals surface area contributed by atoms with Crippen molar-refractivity contribution in [2.75, 3.05) is 6.54 Å². The number of hydrogen-bond donors (Lipinski definition) is 1. The number of nitrogens with two attached hydrogens (primary N) is 1. The van der Waals surface area contributed by atoms with Crippen molar-refractivity contribution in [3.05, 3.63) is 24.3 Å². The van der Waals surface area contributed by atoms with E-state index < -0.39 is 0 Å². The van der Waals surface area contributed by atoms with E-state index in [1.807, 2.05) is 6.07 Å². The molecule has 0 unspecified atom stereocenters. The Morgan fingerprint density at radius 2 is 1.85 bits per heavy atom. The highest BCUT2D eigenvalue weighted by atomic mass is 16.5. The summed E-state index contributed by atoms with van der Waals surface area (Å²) >= 11 is 0. The molecule has 112 valence electrons. The number of rotatable bonds is 4. The first kappa shape index (κ1) is 15.4. The summed E-state index contributed by atoms with van der Waals surface area (Å²) in [5.41, 5.74) is 6.19. The quantitative estimate of drug-likeness (QED) is 0.919. The van der Waals surface area contributed by atoms with Gasteiger partial charge in [-0.2, -0.15) is 0 Å². The molecule has 0 bridgehead atoms. The Balaban J connectivity index is 1.92. The van der Waals surface area contributed by atoms with Gasteiger partial charge in [-0.05, 0) is 43.1 Å². The van der Waals surface area contributed by atoms with Crippen molar-refractivity contribution in [2.45, 2.75) is 58.7 Å². The van der Waals surface area contributed by atoms with E-state index in [1.54, 1.807) is 12.4 Å². The third-order valence-corrected chi connectivity index (χ3v) is 4.62. The highest BCUT2D eigenvalue weighted by Gasteiger charge is 2.38. The maximum atomic E-state index is 6.12. The van der Waals surface area contributed by atoms with Crippen molar-refractivity contribution in [3.8, 4) is 0 Å². The minimum Gasteiger partial charge on any atom is -0.366 e. The molecule has 4 nitrogen and oxygen atoms in total. The topological polar surface area (TPSA) is 61.0 Å². The zero-order valence-electron chi connectivity index (χ0n) is 12.9. The van der Waals surface area contributed by atoms with Crippen LogP contribution in [0.1, 0.15) is 52.3 Å². The largest absolute Gasteiger partial charge is 0.366 e. The molecule has 1 aliphatic carbocycles. The van der Waals surface area contributed by atoms with Gasteiger partial charge in [0.2, 0.25) is 0 Å². The molecule has 0 amide bonds. The van der Waals surface area contributed by atoms with Crippen LogP contribution in [-0.2, 0) is 11.3 Å². The van der Waals surface area contributed by atoms with Crippen LogP contribution in [0.25, 0.3) is 0 Å². The second-order valence-corrected chi connectivity index (χ2v) is 6.98. The third-order valence-electron chi connectivity index (χ3n) is 4.62. The standard InChI is InChI=1S/C16H27N3O/c1-15(2,3)13-5-7-16(12-17,8-6-13)20-11-14-18-9-4-10-19-14/h4,9-10,13H,5-8,11-12,17H2,1-3H3. The van der Waals surface area contributed by atoms with Crippen molar-refractivity contribution < 1.29 is 4.74 Å². The predicted octanol–water partition coefficient (Wildman–Crippen LogP) is 2.93. The molecule has 0 aliphatic heterocycles. The van der Waals surface area contributed by atoms with Crippen molar-refractivity contribution in [3.63, 3.8) is 0 Å². The molecule has 0 radical (unpaired) electrons. The number of aromatic nitrogens is 2. The minimum absolute atomic E-state index is 0.180. The normalized spacial score (nSPS) is 27.5. The first-order valence-electron chi connectivity index (χ1n) is 7.55. The molecule has 1 aromatic heterocycles. The molecule has 0 spiro atoms. The highest BCUT2D eigenvalue weighted by molar-refractivity contribution is 4.93. The van der Waals surface area contributed by atoms with Gasteiger partial charge in [0.05, 0.1) is 5.60 Å². The second kappa shape index (κ2) is 6.19. The van der Waals surface area contributed by atoms with Crippen LogP contribution in [0.15, 0.2) is 18.5 Å². The van der Waals surface area contributed by atoms with Gasteiger partial charge in [-0.15, -0.1) is 0 Å². The van der Waals surface area contributed by atoms with Crippen molar-refractivity contribution in [2.24, 2.45) is 17.1 Å². The van der Waals surface area contributed by atoms with Crippen molar-refractivity contribution in [1.82, 2.24) is 9.97 Å². The molecular formula is C16H27N3O. The summed E-state index contributed by atoms with van der Waals surface area (Å²) in [6.07, 6.45) is 7.96. The number of hydrogen-bond acceptors (Lipinski definition) is 4. The molecule has 2 N–H and O–H groups in total. The molecular weight excluding hydrogens is 250 g/mol. The Bertz CT molecular complexity index is 405. The first-order valence-corrected chi connectivity index (χ1v) is 7.55. The van der Waals surface area contributed by atoms with Gasteiger partial charge in [0.1, 0.15) is 6.61 Å². The zero-order valence-corrected chi connectivity index (χ0v) is 12.9. The van der Waals surface area contributed by atoms with Crippen LogP contribution < -0.4 is 5.73 Å². The highest BCUT2D eigenvalue weighted by Crippen LogP contribution is 2.42. The fraction of sp³-hybridized carbons (Fsp3) is 0.750. The SMILES string of the molecule is CC(C)(C)C1CCC(CN)(OCc2ncccn2)CC1. The fourth-order valence-corrected chi connectivity index (χ4v) is 3.04. The molecule has 20 heavy (non-hydrogen) atoms. The average Bonchev–Trinajstić information content (AvgIpc) is 2.46. The van der Waals surface area contributed by atoms with Gasteiger partial charge in [0.15, 0.2) is 5.82 Å². The smallest absolute Gasteiger partial charge is 0.153 e. The molecule has 0 saturated heterocycles. The van der Waals surface area contributed by atoms with Gasteiger partial charge >= 0.3 is 0 Å². The van der Waals surface area contributed by atoms with E-state index in [2.05, 4.69) is 30.7 Å². The molecule has 1 saturated carbocycles. The molecule has 0 atom stereocenters. The first-order chi connectivity index (χ1) is 9.45. The van der Waals surface area contributed by atoms with Crippen LogP contribution >= 0.6 is 0 Å². The van der Waals surface area contributed by atoms with Gasteiger partial charge in [-0.3, -0.25) is 0 Å². The maximum absolute atomic E-state index is 6.12. The summed E-state index contributed by atoms with van der Waals surface area (Å²) in [4.78, 5) is 8.41. The van der Waals surface area contributed by atoms with E-state index in [4.69, 9.17) is 10.5 Å². The Hall–Kier alpha value is -1.00. The monoisotopic (exact) mass is 277 g/mol. The third kappa shape index (κ3) is 3.76. The number of nitrogens with zero attached hydrogens (tertiary/aromatic N) is 2. The average molecular weight is 277 g/mol. The Labute approximate surface area is 122 Å². The van der Waals surface area contributed by atoms with Gasteiger partial charge < -0.3 is 10.5 Å². The van der Waals surface area contributed by atoms with Crippen LogP contribution in [0.5, 0.6) is 0 Å². The Kier molecular flexibility index (Phi) is 4.76. The lowest BCUT2D eigenvalue weighted by Gasteiger charge is -2.43.